The van der Waals surface area contributed by atoms with E-state index in [1.54, 1.807) is 24.3 Å². The van der Waals surface area contributed by atoms with Gasteiger partial charge < -0.3 is 10.0 Å². The number of carboxylic acid groups (broad SMARTS) is 1. The third kappa shape index (κ3) is 5.00. The first-order valence-corrected chi connectivity index (χ1v) is 12.8. The third-order valence-corrected chi connectivity index (χ3v) is 7.48. The molecule has 0 radical (unpaired) electrons. The molecule has 40 heavy (non-hydrogen) atoms. The lowest BCUT2D eigenvalue weighted by Gasteiger charge is -2.41. The van der Waals surface area contributed by atoms with Crippen LogP contribution in [0.1, 0.15) is 37.3 Å². The number of carboxylic acids is 1. The van der Waals surface area contributed by atoms with Crippen molar-refractivity contribution in [1.29, 1.82) is 0 Å². The number of rotatable bonds is 6. The number of fused-ring (bicyclic) bond motifs is 1. The van der Waals surface area contributed by atoms with Crippen LogP contribution in [-0.4, -0.2) is 33.4 Å². The van der Waals surface area contributed by atoms with Crippen molar-refractivity contribution < 1.29 is 36.2 Å². The van der Waals surface area contributed by atoms with Crippen LogP contribution < -0.4 is 4.90 Å². The van der Waals surface area contributed by atoms with Crippen LogP contribution in [0.15, 0.2) is 54.6 Å². The lowest BCUT2D eigenvalue weighted by atomic mass is 9.87. The molecule has 1 aliphatic rings. The predicted molar refractivity (Wildman–Crippen MR) is 137 cm³/mol. The molecular weight excluding hydrogens is 536 g/mol. The summed E-state index contributed by atoms with van der Waals surface area (Å²) in [5.74, 6) is -4.86. The Morgan fingerprint density at radius 1 is 1.05 bits per heavy atom. The van der Waals surface area contributed by atoms with E-state index in [0.717, 1.165) is 16.4 Å². The van der Waals surface area contributed by atoms with Gasteiger partial charge in [0.05, 0.1) is 23.7 Å². The summed E-state index contributed by atoms with van der Waals surface area (Å²) in [6.07, 6.45) is -2.84. The zero-order valence-corrected chi connectivity index (χ0v) is 21.4. The summed E-state index contributed by atoms with van der Waals surface area (Å²) in [6.45, 7) is 2.00. The minimum Gasteiger partial charge on any atom is -0.481 e. The first-order valence-electron chi connectivity index (χ1n) is 12.8. The van der Waals surface area contributed by atoms with E-state index in [9.17, 15) is 36.2 Å². The molecule has 2 unspecified atom stereocenters. The third-order valence-electron chi connectivity index (χ3n) is 7.48. The number of aliphatic carboxylic acids is 1. The zero-order chi connectivity index (χ0) is 28.8. The molecule has 210 valence electrons. The van der Waals surface area contributed by atoms with Crippen LogP contribution >= 0.6 is 0 Å². The maximum Gasteiger partial charge on any atom is 0.418 e. The molecule has 0 bridgehead atoms. The summed E-state index contributed by atoms with van der Waals surface area (Å²) in [4.78, 5) is 13.8. The lowest BCUT2D eigenvalue weighted by molar-refractivity contribution is -0.143. The fourth-order valence-corrected chi connectivity index (χ4v) is 5.65. The van der Waals surface area contributed by atoms with Gasteiger partial charge in [0.1, 0.15) is 23.0 Å². The Hall–Kier alpha value is -4.02. The van der Waals surface area contributed by atoms with E-state index < -0.39 is 53.2 Å². The molecule has 0 saturated carbocycles. The smallest absolute Gasteiger partial charge is 0.418 e. The van der Waals surface area contributed by atoms with Crippen molar-refractivity contribution in [1.82, 2.24) is 9.78 Å². The molecule has 2 atom stereocenters. The van der Waals surface area contributed by atoms with Crippen molar-refractivity contribution in [3.63, 3.8) is 0 Å². The Labute approximate surface area is 225 Å². The number of piperidine rings is 1. The van der Waals surface area contributed by atoms with Crippen LogP contribution in [0.3, 0.4) is 0 Å². The van der Waals surface area contributed by atoms with Crippen molar-refractivity contribution in [3.8, 4) is 11.3 Å². The minimum atomic E-state index is -4.73. The van der Waals surface area contributed by atoms with Crippen LogP contribution in [0.4, 0.5) is 32.0 Å². The Morgan fingerprint density at radius 3 is 2.33 bits per heavy atom. The van der Waals surface area contributed by atoms with Crippen molar-refractivity contribution >= 4 is 22.6 Å². The summed E-state index contributed by atoms with van der Waals surface area (Å²) in [7, 11) is 0. The maximum atomic E-state index is 14.5. The van der Waals surface area contributed by atoms with Gasteiger partial charge in [0.25, 0.3) is 0 Å². The summed E-state index contributed by atoms with van der Waals surface area (Å²) < 4.78 is 85.1. The normalized spacial score (nSPS) is 17.9. The maximum absolute atomic E-state index is 14.5. The number of carbonyl (C=O) groups is 1. The number of hydrogen-bond acceptors (Lipinski definition) is 3. The highest BCUT2D eigenvalue weighted by atomic mass is 19.4. The van der Waals surface area contributed by atoms with E-state index in [1.807, 2.05) is 11.8 Å². The van der Waals surface area contributed by atoms with Crippen molar-refractivity contribution in [3.05, 3.63) is 83.2 Å². The van der Waals surface area contributed by atoms with Crippen LogP contribution in [0.2, 0.25) is 0 Å². The Morgan fingerprint density at radius 2 is 1.73 bits per heavy atom. The largest absolute Gasteiger partial charge is 0.481 e. The highest BCUT2D eigenvalue weighted by Gasteiger charge is 2.36. The van der Waals surface area contributed by atoms with E-state index in [4.69, 9.17) is 0 Å². The first-order chi connectivity index (χ1) is 19.0. The molecule has 1 N–H and O–H groups in total. The quantitative estimate of drug-likeness (QED) is 0.252. The average Bonchev–Trinajstić information content (AvgIpc) is 3.27. The number of benzene rings is 3. The topological polar surface area (TPSA) is 58.4 Å². The summed E-state index contributed by atoms with van der Waals surface area (Å²) in [5.41, 5.74) is -0.537. The minimum absolute atomic E-state index is 0.126. The predicted octanol–water partition coefficient (Wildman–Crippen LogP) is 7.27. The summed E-state index contributed by atoms with van der Waals surface area (Å²) >= 11 is 0. The van der Waals surface area contributed by atoms with Crippen LogP contribution in [0.25, 0.3) is 22.2 Å². The van der Waals surface area contributed by atoms with Crippen molar-refractivity contribution in [2.24, 2.45) is 5.92 Å². The molecule has 3 aromatic carbocycles. The molecule has 5 rings (SSSR count). The second-order valence-corrected chi connectivity index (χ2v) is 9.86. The molecule has 1 fully saturated rings. The second-order valence-electron chi connectivity index (χ2n) is 9.86. The molecule has 1 aliphatic heterocycles. The highest BCUT2D eigenvalue weighted by molar-refractivity contribution is 5.95. The van der Waals surface area contributed by atoms with Gasteiger partial charge in [-0.15, -0.1) is 0 Å². The number of aromatic nitrogens is 2. The van der Waals surface area contributed by atoms with Gasteiger partial charge in [0, 0.05) is 46.9 Å². The highest BCUT2D eigenvalue weighted by Crippen LogP contribution is 2.39. The fourth-order valence-electron chi connectivity index (χ4n) is 5.65. The molecule has 1 aromatic heterocycles. The molecule has 0 aliphatic carbocycles. The SMILES string of the molecule is CCC1C(C(=O)O)CCCN1c1ccc(-c2c3cccc(C(F)(F)F)c3nn2Cc2c(F)cc(F)cc2F)cc1. The second kappa shape index (κ2) is 10.5. The first kappa shape index (κ1) is 27.5. The van der Waals surface area contributed by atoms with Crippen molar-refractivity contribution in [2.45, 2.75) is 44.9 Å². The average molecular weight is 562 g/mol. The van der Waals surface area contributed by atoms with Gasteiger partial charge in [0.15, 0.2) is 0 Å². The van der Waals surface area contributed by atoms with E-state index in [2.05, 4.69) is 5.10 Å². The standard InChI is InChI=1S/C29H25F6N3O2/c1-2-25-19(28(39)40)6-4-12-37(25)18-10-8-16(9-11-18)27-20-5-3-7-22(29(33,34)35)26(20)36-38(27)15-21-23(31)13-17(30)14-24(21)32/h3,5,7-11,13-14,19,25H,2,4,6,12,15H2,1H3,(H,39,40). The van der Waals surface area contributed by atoms with Gasteiger partial charge in [-0.2, -0.15) is 18.3 Å². The van der Waals surface area contributed by atoms with E-state index in [1.165, 1.54) is 12.1 Å². The zero-order valence-electron chi connectivity index (χ0n) is 21.4. The van der Waals surface area contributed by atoms with Gasteiger partial charge in [-0.3, -0.25) is 9.48 Å². The fraction of sp³-hybridized carbons (Fsp3) is 0.310. The molecule has 4 aromatic rings. The number of anilines is 1. The molecule has 11 heteroatoms. The lowest BCUT2D eigenvalue weighted by Crippen LogP contribution is -2.47. The molecule has 1 saturated heterocycles. The van der Waals surface area contributed by atoms with E-state index >= 15 is 0 Å². The van der Waals surface area contributed by atoms with Crippen LogP contribution in [0.5, 0.6) is 0 Å². The van der Waals surface area contributed by atoms with Gasteiger partial charge in [0.2, 0.25) is 0 Å². The number of hydrogen-bond donors (Lipinski definition) is 1. The molecule has 5 nitrogen and oxygen atoms in total. The monoisotopic (exact) mass is 561 g/mol. The van der Waals surface area contributed by atoms with E-state index in [-0.39, 0.29) is 22.6 Å². The molecular formula is C29H25F6N3O2. The van der Waals surface area contributed by atoms with Gasteiger partial charge in [-0.05, 0) is 37.5 Å². The van der Waals surface area contributed by atoms with Crippen molar-refractivity contribution in [2.75, 3.05) is 11.4 Å². The summed E-state index contributed by atoms with van der Waals surface area (Å²) in [6, 6.07) is 11.2. The number of nitrogens with zero attached hydrogens (tertiary/aromatic N) is 3. The summed E-state index contributed by atoms with van der Waals surface area (Å²) in [5, 5.41) is 13.9. The molecule has 0 spiro atoms. The Bertz CT molecular complexity index is 1540. The van der Waals surface area contributed by atoms with E-state index in [0.29, 0.717) is 43.5 Å². The van der Waals surface area contributed by atoms with Gasteiger partial charge >= 0.3 is 12.1 Å². The molecule has 2 heterocycles. The van der Waals surface area contributed by atoms with Gasteiger partial charge in [-0.25, -0.2) is 13.2 Å². The van der Waals surface area contributed by atoms with Crippen LogP contribution in [-0.2, 0) is 17.5 Å². The molecule has 0 amide bonds. The Balaban J connectivity index is 1.62. The number of halogens is 6. The van der Waals surface area contributed by atoms with Crippen LogP contribution in [0, 0.1) is 23.4 Å². The Kier molecular flexibility index (Phi) is 7.24. The number of alkyl halides is 3. The van der Waals surface area contributed by atoms with Gasteiger partial charge in [-0.1, -0.05) is 31.2 Å².